The second kappa shape index (κ2) is 1.29. The van der Waals surface area contributed by atoms with Crippen molar-refractivity contribution in [1.29, 1.82) is 0 Å². The molecule has 0 radical (unpaired) electrons. The predicted octanol–water partition coefficient (Wildman–Crippen LogP) is -0.885. The van der Waals surface area contributed by atoms with E-state index in [0.29, 0.717) is 6.54 Å². The van der Waals surface area contributed by atoms with Crippen LogP contribution in [0.15, 0.2) is 0 Å². The summed E-state index contributed by atoms with van der Waals surface area (Å²) < 4.78 is 0. The first-order valence-electron chi connectivity index (χ1n) is 3.17. The summed E-state index contributed by atoms with van der Waals surface area (Å²) in [5.41, 5.74) is -0.0307. The lowest BCUT2D eigenvalue weighted by atomic mass is 10.1. The molecular weight excluding hydrogens is 118 g/mol. The average Bonchev–Trinajstić information content (AvgIpc) is 2.53. The molecule has 1 amide bonds. The molecule has 2 fully saturated rings. The monoisotopic (exact) mass is 127 g/mol. The molecule has 0 unspecified atom stereocenters. The van der Waals surface area contributed by atoms with Gasteiger partial charge in [-0.15, -0.1) is 0 Å². The number of hydrogen-bond acceptors (Lipinski definition) is 2. The highest BCUT2D eigenvalue weighted by molar-refractivity contribution is 5.85. The van der Waals surface area contributed by atoms with Crippen LogP contribution >= 0.6 is 0 Å². The molecule has 0 bridgehead atoms. The molecule has 3 heteroatoms. The maximum atomic E-state index is 10.8. The molecule has 0 aromatic carbocycles. The maximum Gasteiger partial charge on any atom is 0.223 e. The highest BCUT2D eigenvalue weighted by Gasteiger charge is 2.61. The second-order valence-corrected chi connectivity index (χ2v) is 3.00. The van der Waals surface area contributed by atoms with Gasteiger partial charge >= 0.3 is 0 Å². The lowest BCUT2D eigenvalue weighted by Crippen LogP contribution is -2.22. The van der Waals surface area contributed by atoms with Gasteiger partial charge in [0.1, 0.15) is 0 Å². The topological polar surface area (TPSA) is 49.3 Å². The first-order chi connectivity index (χ1) is 4.28. The molecule has 1 aliphatic heterocycles. The Morgan fingerprint density at radius 3 is 2.89 bits per heavy atom. The zero-order valence-corrected chi connectivity index (χ0v) is 5.05. The van der Waals surface area contributed by atoms with Gasteiger partial charge in [0.05, 0.1) is 6.61 Å². The van der Waals surface area contributed by atoms with Crippen LogP contribution in [0.25, 0.3) is 0 Å². The van der Waals surface area contributed by atoms with E-state index in [1.54, 1.807) is 0 Å². The fourth-order valence-electron chi connectivity index (χ4n) is 1.53. The molecule has 3 nitrogen and oxygen atoms in total. The average molecular weight is 127 g/mol. The molecule has 2 aliphatic rings. The van der Waals surface area contributed by atoms with Crippen molar-refractivity contribution in [3.8, 4) is 0 Å². The number of aliphatic hydroxyl groups excluding tert-OH is 1. The summed E-state index contributed by atoms with van der Waals surface area (Å²) in [6.07, 6.45) is 0.898. The van der Waals surface area contributed by atoms with Crippen molar-refractivity contribution in [3.63, 3.8) is 0 Å². The van der Waals surface area contributed by atoms with Crippen molar-refractivity contribution in [3.05, 3.63) is 0 Å². The summed E-state index contributed by atoms with van der Waals surface area (Å²) in [6, 6.07) is 0. The molecule has 1 heterocycles. The van der Waals surface area contributed by atoms with E-state index in [9.17, 15) is 4.79 Å². The zero-order chi connectivity index (χ0) is 6.48. The summed E-state index contributed by atoms with van der Waals surface area (Å²) in [5, 5.41) is 11.5. The highest BCUT2D eigenvalue weighted by atomic mass is 16.3. The van der Waals surface area contributed by atoms with E-state index in [0.717, 1.165) is 6.42 Å². The van der Waals surface area contributed by atoms with Gasteiger partial charge in [-0.3, -0.25) is 4.79 Å². The number of aliphatic hydroxyl groups is 1. The van der Waals surface area contributed by atoms with E-state index >= 15 is 0 Å². The number of hydrogen-bond donors (Lipinski definition) is 2. The maximum absolute atomic E-state index is 10.8. The van der Waals surface area contributed by atoms with Gasteiger partial charge in [-0.1, -0.05) is 0 Å². The van der Waals surface area contributed by atoms with Crippen LogP contribution in [0.4, 0.5) is 0 Å². The smallest absolute Gasteiger partial charge is 0.223 e. The molecule has 1 aliphatic carbocycles. The molecule has 9 heavy (non-hydrogen) atoms. The van der Waals surface area contributed by atoms with Gasteiger partial charge in [0.25, 0.3) is 0 Å². The van der Waals surface area contributed by atoms with Gasteiger partial charge in [0, 0.05) is 17.9 Å². The number of rotatable bonds is 1. The largest absolute Gasteiger partial charge is 0.396 e. The SMILES string of the molecule is O=C1NC[C@]2(CO)C[C@@H]12. The van der Waals surface area contributed by atoms with E-state index in [4.69, 9.17) is 5.11 Å². The normalized spacial score (nSPS) is 46.3. The quantitative estimate of drug-likeness (QED) is 0.480. The first-order valence-corrected chi connectivity index (χ1v) is 3.17. The Hall–Kier alpha value is -0.570. The van der Waals surface area contributed by atoms with E-state index in [1.165, 1.54) is 0 Å². The molecule has 1 saturated carbocycles. The molecular formula is C6H9NO2. The van der Waals surface area contributed by atoms with Crippen LogP contribution in [-0.4, -0.2) is 24.2 Å². The Morgan fingerprint density at radius 1 is 1.89 bits per heavy atom. The Morgan fingerprint density at radius 2 is 2.67 bits per heavy atom. The minimum absolute atomic E-state index is 0.0307. The lowest BCUT2D eigenvalue weighted by Gasteiger charge is -2.02. The zero-order valence-electron chi connectivity index (χ0n) is 5.05. The van der Waals surface area contributed by atoms with Crippen LogP contribution in [-0.2, 0) is 4.79 Å². The summed E-state index contributed by atoms with van der Waals surface area (Å²) in [5.74, 6) is 0.270. The predicted molar refractivity (Wildman–Crippen MR) is 30.6 cm³/mol. The second-order valence-electron chi connectivity index (χ2n) is 3.00. The van der Waals surface area contributed by atoms with Crippen LogP contribution in [0.5, 0.6) is 0 Å². The summed E-state index contributed by atoms with van der Waals surface area (Å²) in [6.45, 7) is 0.851. The van der Waals surface area contributed by atoms with Crippen LogP contribution in [0, 0.1) is 11.3 Å². The van der Waals surface area contributed by atoms with Crippen molar-refractivity contribution in [2.45, 2.75) is 6.42 Å². The Labute approximate surface area is 53.1 Å². The fraction of sp³-hybridized carbons (Fsp3) is 0.833. The Kier molecular flexibility index (Phi) is 0.750. The van der Waals surface area contributed by atoms with E-state index in [1.807, 2.05) is 0 Å². The van der Waals surface area contributed by atoms with Gasteiger partial charge in [-0.2, -0.15) is 0 Å². The Balaban J connectivity index is 2.17. The van der Waals surface area contributed by atoms with Gasteiger partial charge in [-0.25, -0.2) is 0 Å². The van der Waals surface area contributed by atoms with Gasteiger partial charge in [0.15, 0.2) is 0 Å². The number of carbonyl (C=O) groups is 1. The molecule has 0 spiro atoms. The fourth-order valence-corrected chi connectivity index (χ4v) is 1.53. The minimum Gasteiger partial charge on any atom is -0.396 e. The van der Waals surface area contributed by atoms with Crippen LogP contribution in [0.3, 0.4) is 0 Å². The summed E-state index contributed by atoms with van der Waals surface area (Å²) >= 11 is 0. The molecule has 1 saturated heterocycles. The summed E-state index contributed by atoms with van der Waals surface area (Å²) in [7, 11) is 0. The third-order valence-electron chi connectivity index (χ3n) is 2.44. The minimum atomic E-state index is -0.0307. The van der Waals surface area contributed by atoms with Crippen molar-refractivity contribution < 1.29 is 9.90 Å². The van der Waals surface area contributed by atoms with Crippen molar-refractivity contribution in [2.24, 2.45) is 11.3 Å². The third-order valence-corrected chi connectivity index (χ3v) is 2.44. The van der Waals surface area contributed by atoms with Gasteiger partial charge in [0.2, 0.25) is 5.91 Å². The number of amides is 1. The van der Waals surface area contributed by atoms with E-state index in [2.05, 4.69) is 5.32 Å². The molecule has 2 rings (SSSR count). The van der Waals surface area contributed by atoms with Gasteiger partial charge in [-0.05, 0) is 6.42 Å². The Bertz CT molecular complexity index is 168. The third kappa shape index (κ3) is 0.477. The molecule has 2 N–H and O–H groups in total. The molecule has 50 valence electrons. The van der Waals surface area contributed by atoms with Crippen LogP contribution < -0.4 is 5.32 Å². The lowest BCUT2D eigenvalue weighted by molar-refractivity contribution is -0.120. The summed E-state index contributed by atoms with van der Waals surface area (Å²) in [4.78, 5) is 10.8. The van der Waals surface area contributed by atoms with E-state index in [-0.39, 0.29) is 23.8 Å². The van der Waals surface area contributed by atoms with Crippen molar-refractivity contribution in [1.82, 2.24) is 5.32 Å². The number of fused-ring (bicyclic) bond motifs is 1. The first kappa shape index (κ1) is 5.23. The molecule has 0 aromatic rings. The number of carbonyl (C=O) groups excluding carboxylic acids is 1. The molecule has 2 atom stereocenters. The van der Waals surface area contributed by atoms with E-state index < -0.39 is 0 Å². The highest BCUT2D eigenvalue weighted by Crippen LogP contribution is 2.54. The molecule has 0 aromatic heterocycles. The van der Waals surface area contributed by atoms with Crippen LogP contribution in [0.2, 0.25) is 0 Å². The number of piperidine rings is 1. The van der Waals surface area contributed by atoms with Crippen LogP contribution in [0.1, 0.15) is 6.42 Å². The number of nitrogens with one attached hydrogen (secondary N) is 1. The standard InChI is InChI=1S/C6H9NO2/c8-3-6-1-4(6)5(9)7-2-6/h4,8H,1-3H2,(H,7,9)/t4-,6-/m0/s1. The van der Waals surface area contributed by atoms with Gasteiger partial charge < -0.3 is 10.4 Å². The van der Waals surface area contributed by atoms with Crippen molar-refractivity contribution in [2.75, 3.05) is 13.2 Å². The van der Waals surface area contributed by atoms with Crippen molar-refractivity contribution >= 4 is 5.91 Å².